The molecule has 0 bridgehead atoms. The molecule has 24 heavy (non-hydrogen) atoms. The molecule has 136 valence electrons. The fourth-order valence-electron chi connectivity index (χ4n) is 3.71. The van der Waals surface area contributed by atoms with Crippen molar-refractivity contribution in [2.45, 2.75) is 64.1 Å². The molecule has 1 saturated carbocycles. The summed E-state index contributed by atoms with van der Waals surface area (Å²) in [4.78, 5) is 31.9. The van der Waals surface area contributed by atoms with Crippen molar-refractivity contribution in [3.63, 3.8) is 0 Å². The first kappa shape index (κ1) is 17.5. The summed E-state index contributed by atoms with van der Waals surface area (Å²) >= 11 is 0. The van der Waals surface area contributed by atoms with Crippen LogP contribution in [-0.4, -0.2) is 64.5 Å². The number of carbonyl (C=O) groups is 2. The van der Waals surface area contributed by atoms with Crippen LogP contribution in [0.15, 0.2) is 0 Å². The van der Waals surface area contributed by atoms with Gasteiger partial charge in [-0.2, -0.15) is 0 Å². The standard InChI is InChI=1S/C17H28N2O5/c1-15(2,3)24-14(21)18-10-7-17(22,8-11-18)16(5-6-16)13(20)19-9-4-12-23-19/h22H,4-12H2,1-3H3. The van der Waals surface area contributed by atoms with Crippen molar-refractivity contribution in [2.24, 2.45) is 5.41 Å². The largest absolute Gasteiger partial charge is 0.444 e. The lowest BCUT2D eigenvalue weighted by atomic mass is 9.76. The Balaban J connectivity index is 1.62. The third-order valence-corrected chi connectivity index (χ3v) is 5.27. The molecule has 3 rings (SSSR count). The number of likely N-dealkylation sites (tertiary alicyclic amines) is 1. The van der Waals surface area contributed by atoms with Crippen molar-refractivity contribution in [3.05, 3.63) is 0 Å². The van der Waals surface area contributed by atoms with Crippen LogP contribution in [0.1, 0.15) is 52.9 Å². The second kappa shape index (κ2) is 5.88. The summed E-state index contributed by atoms with van der Waals surface area (Å²) in [5.41, 5.74) is -2.32. The molecule has 2 amide bonds. The zero-order valence-corrected chi connectivity index (χ0v) is 14.8. The maximum atomic E-state index is 12.8. The summed E-state index contributed by atoms with van der Waals surface area (Å²) in [7, 11) is 0. The van der Waals surface area contributed by atoms with E-state index in [0.29, 0.717) is 51.9 Å². The molecule has 1 N–H and O–H groups in total. The van der Waals surface area contributed by atoms with E-state index < -0.39 is 16.6 Å². The normalized spacial score (nSPS) is 25.5. The number of piperidine rings is 1. The van der Waals surface area contributed by atoms with Gasteiger partial charge in [-0.15, -0.1) is 0 Å². The highest BCUT2D eigenvalue weighted by Crippen LogP contribution is 2.59. The maximum Gasteiger partial charge on any atom is 0.410 e. The van der Waals surface area contributed by atoms with Crippen molar-refractivity contribution in [1.29, 1.82) is 0 Å². The van der Waals surface area contributed by atoms with E-state index in [-0.39, 0.29) is 12.0 Å². The smallest absolute Gasteiger partial charge is 0.410 e. The molecule has 0 aromatic heterocycles. The molecule has 7 heteroatoms. The van der Waals surface area contributed by atoms with Gasteiger partial charge in [0.15, 0.2) is 0 Å². The summed E-state index contributed by atoms with van der Waals surface area (Å²) in [6.45, 7) is 7.47. The van der Waals surface area contributed by atoms with Gasteiger partial charge in [0.1, 0.15) is 5.60 Å². The van der Waals surface area contributed by atoms with Gasteiger partial charge in [0.2, 0.25) is 0 Å². The van der Waals surface area contributed by atoms with E-state index in [1.807, 2.05) is 20.8 Å². The van der Waals surface area contributed by atoms with Gasteiger partial charge in [-0.25, -0.2) is 9.86 Å². The van der Waals surface area contributed by atoms with Crippen molar-refractivity contribution >= 4 is 12.0 Å². The summed E-state index contributed by atoms with van der Waals surface area (Å²) in [6, 6.07) is 0. The third-order valence-electron chi connectivity index (χ3n) is 5.27. The molecule has 0 unspecified atom stereocenters. The van der Waals surface area contributed by atoms with E-state index in [9.17, 15) is 14.7 Å². The number of rotatable bonds is 2. The Morgan fingerprint density at radius 1 is 1.08 bits per heavy atom. The van der Waals surface area contributed by atoms with E-state index in [1.54, 1.807) is 4.90 Å². The van der Waals surface area contributed by atoms with Crippen LogP contribution in [0.5, 0.6) is 0 Å². The van der Waals surface area contributed by atoms with Gasteiger partial charge in [0.25, 0.3) is 5.91 Å². The number of amides is 2. The molecule has 0 aromatic rings. The third kappa shape index (κ3) is 3.11. The second-order valence-corrected chi connectivity index (χ2v) is 8.18. The Morgan fingerprint density at radius 3 is 2.17 bits per heavy atom. The number of hydrogen-bond acceptors (Lipinski definition) is 5. The van der Waals surface area contributed by atoms with Gasteiger partial charge >= 0.3 is 6.09 Å². The molecule has 0 atom stereocenters. The van der Waals surface area contributed by atoms with E-state index in [4.69, 9.17) is 9.57 Å². The predicted octanol–water partition coefficient (Wildman–Crippen LogP) is 1.69. The minimum Gasteiger partial charge on any atom is -0.444 e. The van der Waals surface area contributed by atoms with Gasteiger partial charge in [-0.05, 0) is 52.9 Å². The molecular weight excluding hydrogens is 312 g/mol. The summed E-state index contributed by atoms with van der Waals surface area (Å²) in [5.74, 6) is -0.0896. The van der Waals surface area contributed by atoms with Crippen LogP contribution in [0, 0.1) is 5.41 Å². The molecule has 0 spiro atoms. The van der Waals surface area contributed by atoms with Crippen LogP contribution >= 0.6 is 0 Å². The molecule has 3 aliphatic rings. The molecule has 0 radical (unpaired) electrons. The first-order valence-electron chi connectivity index (χ1n) is 8.82. The number of ether oxygens (including phenoxy) is 1. The number of aliphatic hydroxyl groups is 1. The second-order valence-electron chi connectivity index (χ2n) is 8.18. The van der Waals surface area contributed by atoms with Crippen LogP contribution in [0.4, 0.5) is 4.79 Å². The van der Waals surface area contributed by atoms with Crippen molar-refractivity contribution in [2.75, 3.05) is 26.2 Å². The fourth-order valence-corrected chi connectivity index (χ4v) is 3.71. The van der Waals surface area contributed by atoms with Gasteiger partial charge < -0.3 is 14.7 Å². The van der Waals surface area contributed by atoms with Crippen molar-refractivity contribution in [1.82, 2.24) is 9.96 Å². The maximum absolute atomic E-state index is 12.8. The molecule has 2 heterocycles. The molecule has 3 fully saturated rings. The van der Waals surface area contributed by atoms with Gasteiger partial charge in [0.05, 0.1) is 24.2 Å². The number of nitrogens with zero attached hydrogens (tertiary/aromatic N) is 2. The number of hydrogen-bond donors (Lipinski definition) is 1. The average Bonchev–Trinajstić information content (AvgIpc) is 3.14. The lowest BCUT2D eigenvalue weighted by Gasteiger charge is -2.43. The zero-order chi connectivity index (χ0) is 17.6. The molecule has 0 aromatic carbocycles. The average molecular weight is 340 g/mol. The van der Waals surface area contributed by atoms with Crippen LogP contribution in [-0.2, 0) is 14.4 Å². The highest BCUT2D eigenvalue weighted by atomic mass is 16.7. The van der Waals surface area contributed by atoms with Gasteiger partial charge in [-0.1, -0.05) is 0 Å². The number of carbonyl (C=O) groups excluding carboxylic acids is 2. The van der Waals surface area contributed by atoms with E-state index in [1.165, 1.54) is 5.06 Å². The lowest BCUT2D eigenvalue weighted by molar-refractivity contribution is -0.188. The van der Waals surface area contributed by atoms with E-state index >= 15 is 0 Å². The summed E-state index contributed by atoms with van der Waals surface area (Å²) in [6.07, 6.45) is 2.65. The van der Waals surface area contributed by atoms with Crippen LogP contribution < -0.4 is 0 Å². The first-order valence-corrected chi connectivity index (χ1v) is 8.82. The lowest BCUT2D eigenvalue weighted by Crippen LogP contribution is -2.56. The first-order chi connectivity index (χ1) is 11.2. The quantitative estimate of drug-likeness (QED) is 0.827. The minimum absolute atomic E-state index is 0.0896. The topological polar surface area (TPSA) is 79.3 Å². The fraction of sp³-hybridized carbons (Fsp3) is 0.882. The Hall–Kier alpha value is -1.34. The predicted molar refractivity (Wildman–Crippen MR) is 85.9 cm³/mol. The van der Waals surface area contributed by atoms with Crippen LogP contribution in [0.2, 0.25) is 0 Å². The Bertz CT molecular complexity index is 510. The Labute approximate surface area is 142 Å². The van der Waals surface area contributed by atoms with E-state index in [0.717, 1.165) is 6.42 Å². The Morgan fingerprint density at radius 2 is 1.71 bits per heavy atom. The monoisotopic (exact) mass is 340 g/mol. The molecule has 2 aliphatic heterocycles. The summed E-state index contributed by atoms with van der Waals surface area (Å²) in [5, 5.41) is 12.6. The Kier molecular flexibility index (Phi) is 4.28. The van der Waals surface area contributed by atoms with Gasteiger partial charge in [0, 0.05) is 13.1 Å². The molecule has 1 aliphatic carbocycles. The highest BCUT2D eigenvalue weighted by molar-refractivity contribution is 5.86. The van der Waals surface area contributed by atoms with Crippen LogP contribution in [0.3, 0.4) is 0 Å². The van der Waals surface area contributed by atoms with Crippen molar-refractivity contribution < 1.29 is 24.3 Å². The molecule has 2 saturated heterocycles. The number of hydroxylamine groups is 2. The minimum atomic E-state index is -1.06. The zero-order valence-electron chi connectivity index (χ0n) is 14.8. The van der Waals surface area contributed by atoms with Gasteiger partial charge in [-0.3, -0.25) is 9.63 Å². The van der Waals surface area contributed by atoms with Crippen molar-refractivity contribution in [3.8, 4) is 0 Å². The molecule has 7 nitrogen and oxygen atoms in total. The van der Waals surface area contributed by atoms with Crippen LogP contribution in [0.25, 0.3) is 0 Å². The molecular formula is C17H28N2O5. The van der Waals surface area contributed by atoms with E-state index in [2.05, 4.69) is 0 Å². The SMILES string of the molecule is CC(C)(C)OC(=O)N1CCC(O)(C2(C(=O)N3CCCO3)CC2)CC1. The highest BCUT2D eigenvalue weighted by Gasteiger charge is 2.65. The summed E-state index contributed by atoms with van der Waals surface area (Å²) < 4.78 is 5.39.